The largest absolute Gasteiger partial charge is 0.497 e. The van der Waals surface area contributed by atoms with Gasteiger partial charge in [-0.05, 0) is 55.5 Å². The first-order chi connectivity index (χ1) is 13.2. The minimum absolute atomic E-state index is 0.0948. The fourth-order valence-corrected chi connectivity index (χ4v) is 3.14. The van der Waals surface area contributed by atoms with E-state index in [4.69, 9.17) is 4.74 Å². The summed E-state index contributed by atoms with van der Waals surface area (Å²) in [6.45, 7) is 2.02. The topological polar surface area (TPSA) is 71.5 Å². The van der Waals surface area contributed by atoms with Crippen LogP contribution in [-0.4, -0.2) is 48.4 Å². The Morgan fingerprint density at radius 3 is 2.44 bits per heavy atom. The van der Waals surface area contributed by atoms with E-state index in [0.717, 1.165) is 43.7 Å². The maximum Gasteiger partial charge on any atom is 0.272 e. The number of hydrogen-bond donors (Lipinski definition) is 1. The Hall–Kier alpha value is -2.89. The zero-order valence-electron chi connectivity index (χ0n) is 15.6. The molecule has 142 valence electrons. The fraction of sp³-hybridized carbons (Fsp3) is 0.381. The number of benzene rings is 1. The second-order valence-corrected chi connectivity index (χ2v) is 6.61. The monoisotopic (exact) mass is 367 g/mol. The normalized spacial score (nSPS) is 13.9. The van der Waals surface area contributed by atoms with Crippen LogP contribution in [0.3, 0.4) is 0 Å². The molecule has 1 aromatic carbocycles. The maximum absolute atomic E-state index is 12.5. The lowest BCUT2D eigenvalue weighted by Gasteiger charge is -2.26. The Morgan fingerprint density at radius 1 is 1.04 bits per heavy atom. The van der Waals surface area contributed by atoms with E-state index in [-0.39, 0.29) is 17.5 Å². The van der Waals surface area contributed by atoms with Crippen molar-refractivity contribution in [2.24, 2.45) is 0 Å². The van der Waals surface area contributed by atoms with Gasteiger partial charge in [0.25, 0.3) is 11.8 Å². The van der Waals surface area contributed by atoms with Crippen molar-refractivity contribution in [2.75, 3.05) is 26.7 Å². The summed E-state index contributed by atoms with van der Waals surface area (Å²) in [5.74, 6) is 0.446. The van der Waals surface area contributed by atoms with Gasteiger partial charge in [-0.25, -0.2) is 4.98 Å². The molecule has 1 fully saturated rings. The Kier molecular flexibility index (Phi) is 6.41. The van der Waals surface area contributed by atoms with Gasteiger partial charge < -0.3 is 15.0 Å². The molecule has 1 aliphatic rings. The molecule has 2 amide bonds. The van der Waals surface area contributed by atoms with Crippen LogP contribution in [0.1, 0.15) is 45.8 Å². The predicted molar refractivity (Wildman–Crippen MR) is 103 cm³/mol. The molecular formula is C21H25N3O3. The number of likely N-dealkylation sites (tertiary alicyclic amines) is 1. The second kappa shape index (κ2) is 9.16. The highest BCUT2D eigenvalue weighted by Gasteiger charge is 2.20. The quantitative estimate of drug-likeness (QED) is 0.852. The summed E-state index contributed by atoms with van der Waals surface area (Å²) in [6.07, 6.45) is 3.92. The van der Waals surface area contributed by atoms with Gasteiger partial charge in [-0.2, -0.15) is 0 Å². The third-order valence-electron chi connectivity index (χ3n) is 4.70. The molecule has 27 heavy (non-hydrogen) atoms. The van der Waals surface area contributed by atoms with E-state index in [1.54, 1.807) is 25.3 Å². The molecule has 3 rings (SSSR count). The van der Waals surface area contributed by atoms with Crippen LogP contribution in [0.4, 0.5) is 0 Å². The first kappa shape index (κ1) is 18.9. The highest BCUT2D eigenvalue weighted by molar-refractivity contribution is 5.96. The van der Waals surface area contributed by atoms with Crippen LogP contribution < -0.4 is 10.1 Å². The number of aromatic nitrogens is 1. The zero-order valence-corrected chi connectivity index (χ0v) is 15.6. The van der Waals surface area contributed by atoms with E-state index < -0.39 is 0 Å². The van der Waals surface area contributed by atoms with Crippen LogP contribution in [0.5, 0.6) is 5.75 Å². The number of piperidine rings is 1. The third kappa shape index (κ3) is 5.06. The number of nitrogens with one attached hydrogen (secondary N) is 1. The molecule has 0 bridgehead atoms. The van der Waals surface area contributed by atoms with Crippen molar-refractivity contribution in [3.63, 3.8) is 0 Å². The highest BCUT2D eigenvalue weighted by atomic mass is 16.5. The second-order valence-electron chi connectivity index (χ2n) is 6.61. The van der Waals surface area contributed by atoms with Gasteiger partial charge in [0, 0.05) is 19.6 Å². The van der Waals surface area contributed by atoms with Crippen LogP contribution in [0, 0.1) is 0 Å². The molecule has 0 aliphatic carbocycles. The lowest BCUT2D eigenvalue weighted by molar-refractivity contribution is 0.0718. The molecular weight excluding hydrogens is 342 g/mol. The first-order valence-corrected chi connectivity index (χ1v) is 9.35. The van der Waals surface area contributed by atoms with Crippen molar-refractivity contribution in [3.8, 4) is 5.75 Å². The summed E-state index contributed by atoms with van der Waals surface area (Å²) in [6, 6.07) is 12.8. The number of ether oxygens (including phenoxy) is 1. The summed E-state index contributed by atoms with van der Waals surface area (Å²) in [5.41, 5.74) is 1.71. The van der Waals surface area contributed by atoms with E-state index in [2.05, 4.69) is 10.3 Å². The molecule has 1 N–H and O–H groups in total. The average Bonchev–Trinajstić information content (AvgIpc) is 2.74. The number of carbonyl (C=O) groups is 2. The third-order valence-corrected chi connectivity index (χ3v) is 4.70. The Balaban J connectivity index is 1.55. The number of rotatable bonds is 6. The van der Waals surface area contributed by atoms with Gasteiger partial charge in [-0.1, -0.05) is 18.2 Å². The van der Waals surface area contributed by atoms with Gasteiger partial charge in [0.1, 0.15) is 17.1 Å². The Morgan fingerprint density at radius 2 is 1.74 bits per heavy atom. The average molecular weight is 367 g/mol. The molecule has 1 aromatic heterocycles. The number of methoxy groups -OCH3 is 1. The van der Waals surface area contributed by atoms with E-state index >= 15 is 0 Å². The van der Waals surface area contributed by atoms with Crippen LogP contribution in [0.25, 0.3) is 0 Å². The summed E-state index contributed by atoms with van der Waals surface area (Å²) in [7, 11) is 1.63. The van der Waals surface area contributed by atoms with Gasteiger partial charge >= 0.3 is 0 Å². The number of carbonyl (C=O) groups excluding carboxylic acids is 2. The molecule has 0 radical (unpaired) electrons. The van der Waals surface area contributed by atoms with Crippen LogP contribution in [-0.2, 0) is 6.42 Å². The Bertz CT molecular complexity index is 784. The smallest absolute Gasteiger partial charge is 0.272 e. The fourth-order valence-electron chi connectivity index (χ4n) is 3.14. The number of pyridine rings is 1. The van der Waals surface area contributed by atoms with E-state index in [9.17, 15) is 9.59 Å². The molecule has 2 aromatic rings. The number of nitrogens with zero attached hydrogens (tertiary/aromatic N) is 2. The lowest BCUT2D eigenvalue weighted by atomic mass is 10.1. The van der Waals surface area contributed by atoms with Crippen molar-refractivity contribution in [2.45, 2.75) is 25.7 Å². The number of amides is 2. The van der Waals surface area contributed by atoms with Gasteiger partial charge in [0.2, 0.25) is 0 Å². The summed E-state index contributed by atoms with van der Waals surface area (Å²) in [5, 5.41) is 2.86. The Labute approximate surface area is 159 Å². The molecule has 2 heterocycles. The lowest BCUT2D eigenvalue weighted by Crippen LogP contribution is -2.36. The van der Waals surface area contributed by atoms with Crippen molar-refractivity contribution < 1.29 is 14.3 Å². The van der Waals surface area contributed by atoms with Crippen LogP contribution in [0.2, 0.25) is 0 Å². The molecule has 1 aliphatic heterocycles. The van der Waals surface area contributed by atoms with Gasteiger partial charge in [0.15, 0.2) is 0 Å². The molecule has 0 unspecified atom stereocenters. The van der Waals surface area contributed by atoms with Crippen molar-refractivity contribution in [3.05, 3.63) is 59.4 Å². The summed E-state index contributed by atoms with van der Waals surface area (Å²) in [4.78, 5) is 31.0. The van der Waals surface area contributed by atoms with Crippen LogP contribution in [0.15, 0.2) is 42.5 Å². The van der Waals surface area contributed by atoms with Crippen molar-refractivity contribution in [1.82, 2.24) is 15.2 Å². The first-order valence-electron chi connectivity index (χ1n) is 9.35. The van der Waals surface area contributed by atoms with E-state index in [1.165, 1.54) is 0 Å². The minimum atomic E-state index is -0.267. The molecule has 0 saturated carbocycles. The minimum Gasteiger partial charge on any atom is -0.497 e. The predicted octanol–water partition coefficient (Wildman–Crippen LogP) is 2.69. The van der Waals surface area contributed by atoms with Crippen molar-refractivity contribution >= 4 is 11.8 Å². The molecule has 0 spiro atoms. The van der Waals surface area contributed by atoms with Gasteiger partial charge in [0.05, 0.1) is 7.11 Å². The molecule has 1 saturated heterocycles. The maximum atomic E-state index is 12.5. The van der Waals surface area contributed by atoms with Gasteiger partial charge in [-0.3, -0.25) is 9.59 Å². The molecule has 0 atom stereocenters. The molecule has 6 heteroatoms. The SMILES string of the molecule is COc1ccc(CCNC(=O)c2cccc(C(=O)N3CCCCC3)n2)cc1. The van der Waals surface area contributed by atoms with E-state index in [1.807, 2.05) is 29.2 Å². The standard InChI is InChI=1S/C21H25N3O3/c1-27-17-10-8-16(9-11-17)12-13-22-20(25)18-6-5-7-19(23-18)21(26)24-14-3-2-4-15-24/h5-11H,2-4,12-15H2,1H3,(H,22,25). The van der Waals surface area contributed by atoms with Crippen molar-refractivity contribution in [1.29, 1.82) is 0 Å². The zero-order chi connectivity index (χ0) is 19.1. The number of hydrogen-bond acceptors (Lipinski definition) is 4. The van der Waals surface area contributed by atoms with Gasteiger partial charge in [-0.15, -0.1) is 0 Å². The molecule has 6 nitrogen and oxygen atoms in total. The highest BCUT2D eigenvalue weighted by Crippen LogP contribution is 2.13. The van der Waals surface area contributed by atoms with Crippen LogP contribution >= 0.6 is 0 Å². The summed E-state index contributed by atoms with van der Waals surface area (Å²) < 4.78 is 5.13. The summed E-state index contributed by atoms with van der Waals surface area (Å²) >= 11 is 0. The van der Waals surface area contributed by atoms with E-state index in [0.29, 0.717) is 18.7 Å².